The molecule has 23 heavy (non-hydrogen) atoms. The number of carbonyl (C=O) groups excluding carboxylic acids is 1. The van der Waals surface area contributed by atoms with E-state index in [0.29, 0.717) is 12.2 Å². The maximum Gasteiger partial charge on any atom is 0.259 e. The third-order valence-electron chi connectivity index (χ3n) is 4.29. The van der Waals surface area contributed by atoms with Crippen molar-refractivity contribution in [2.75, 3.05) is 0 Å². The molecule has 2 aliphatic heterocycles. The van der Waals surface area contributed by atoms with Crippen molar-refractivity contribution in [2.45, 2.75) is 24.5 Å². The first-order valence-corrected chi connectivity index (χ1v) is 8.80. The van der Waals surface area contributed by atoms with E-state index < -0.39 is 11.1 Å². The summed E-state index contributed by atoms with van der Waals surface area (Å²) in [4.78, 5) is 18.3. The van der Waals surface area contributed by atoms with Crippen molar-refractivity contribution in [1.82, 2.24) is 5.32 Å². The average Bonchev–Trinajstić information content (AvgIpc) is 3.10. The molecule has 118 valence electrons. The van der Waals surface area contributed by atoms with Gasteiger partial charge >= 0.3 is 0 Å². The molecule has 0 aliphatic carbocycles. The Bertz CT molecular complexity index is 836. The number of thiophene rings is 1. The van der Waals surface area contributed by atoms with Crippen molar-refractivity contribution in [2.24, 2.45) is 10.7 Å². The van der Waals surface area contributed by atoms with Gasteiger partial charge in [0.15, 0.2) is 11.5 Å². The predicted octanol–water partition coefficient (Wildman–Crippen LogP) is 2.85. The molecule has 7 heteroatoms. The summed E-state index contributed by atoms with van der Waals surface area (Å²) >= 11 is 5.06. The van der Waals surface area contributed by atoms with Crippen LogP contribution in [0.5, 0.6) is 5.75 Å². The molecule has 2 aromatic rings. The number of benzene rings is 1. The van der Waals surface area contributed by atoms with Crippen LogP contribution in [-0.2, 0) is 15.9 Å². The lowest BCUT2D eigenvalue weighted by Crippen LogP contribution is -2.48. The lowest BCUT2D eigenvalue weighted by molar-refractivity contribution is -0.127. The summed E-state index contributed by atoms with van der Waals surface area (Å²) in [5.41, 5.74) is 4.84. The molecule has 3 heterocycles. The molecule has 4 rings (SSSR count). The first-order valence-electron chi connectivity index (χ1n) is 7.13. The second-order valence-electron chi connectivity index (χ2n) is 5.94. The van der Waals surface area contributed by atoms with Crippen LogP contribution in [0.25, 0.3) is 0 Å². The van der Waals surface area contributed by atoms with Crippen molar-refractivity contribution in [3.8, 4) is 5.75 Å². The molecule has 1 unspecified atom stereocenters. The van der Waals surface area contributed by atoms with E-state index in [4.69, 9.17) is 10.5 Å². The second-order valence-corrected chi connectivity index (χ2v) is 7.80. The maximum atomic E-state index is 12.7. The number of rotatable bonds is 1. The Labute approximate surface area is 145 Å². The van der Waals surface area contributed by atoms with Crippen LogP contribution in [0.4, 0.5) is 0 Å². The number of hydrogen-bond acceptors (Lipinski definition) is 5. The minimum absolute atomic E-state index is 0.149. The highest BCUT2D eigenvalue weighted by Crippen LogP contribution is 2.52. The van der Waals surface area contributed by atoms with Gasteiger partial charge in [0.05, 0.1) is 0 Å². The van der Waals surface area contributed by atoms with E-state index in [1.807, 2.05) is 42.6 Å². The normalized spacial score (nSPS) is 29.0. The van der Waals surface area contributed by atoms with E-state index in [9.17, 15) is 4.79 Å². The molecule has 1 amide bonds. The van der Waals surface area contributed by atoms with Crippen LogP contribution in [0.3, 0.4) is 0 Å². The minimum atomic E-state index is -1.06. The van der Waals surface area contributed by atoms with Crippen LogP contribution in [0.1, 0.15) is 23.8 Å². The van der Waals surface area contributed by atoms with Gasteiger partial charge in [-0.3, -0.25) is 10.1 Å². The lowest BCUT2D eigenvalue weighted by atomic mass is 9.76. The van der Waals surface area contributed by atoms with Gasteiger partial charge in [-0.15, -0.1) is 11.3 Å². The largest absolute Gasteiger partial charge is 0.482 e. The van der Waals surface area contributed by atoms with E-state index in [2.05, 4.69) is 26.2 Å². The van der Waals surface area contributed by atoms with Crippen LogP contribution in [-0.4, -0.2) is 11.9 Å². The monoisotopic (exact) mass is 391 g/mol. The quantitative estimate of drug-likeness (QED) is 0.784. The molecule has 2 atom stereocenters. The first-order chi connectivity index (χ1) is 10.9. The minimum Gasteiger partial charge on any atom is -0.482 e. The van der Waals surface area contributed by atoms with Gasteiger partial charge in [0.2, 0.25) is 0 Å². The standard InChI is InChI=1S/C16H14BrN3O2S/c1-15(12-3-2-6-23-12)8-16(13(21)19-14(18)20-16)10-7-9(17)4-5-11(10)22-15/h2-7H,8H2,1H3,(H3,18,19,20,21)/t15-,16?/m1/s1. The first kappa shape index (κ1) is 14.7. The number of halogens is 1. The number of fused-ring (bicyclic) bond motifs is 2. The summed E-state index contributed by atoms with van der Waals surface area (Å²) in [5.74, 6) is 0.598. The average molecular weight is 392 g/mol. The van der Waals surface area contributed by atoms with Crippen LogP contribution < -0.4 is 15.8 Å². The molecule has 0 fully saturated rings. The van der Waals surface area contributed by atoms with Gasteiger partial charge in [-0.05, 0) is 36.6 Å². The molecule has 1 aromatic carbocycles. The molecule has 1 aromatic heterocycles. The topological polar surface area (TPSA) is 76.7 Å². The van der Waals surface area contributed by atoms with Crippen molar-refractivity contribution in [3.63, 3.8) is 0 Å². The molecule has 1 spiro atoms. The summed E-state index contributed by atoms with van der Waals surface area (Å²) in [6.45, 7) is 1.99. The Morgan fingerprint density at radius 1 is 1.43 bits per heavy atom. The number of amides is 1. The number of nitrogens with two attached hydrogens (primary N) is 1. The molecular formula is C16H14BrN3O2S. The van der Waals surface area contributed by atoms with Gasteiger partial charge in [0.1, 0.15) is 11.4 Å². The van der Waals surface area contributed by atoms with Gasteiger partial charge in [-0.25, -0.2) is 4.99 Å². The number of ether oxygens (including phenoxy) is 1. The number of carbonyl (C=O) groups is 1. The molecule has 0 radical (unpaired) electrons. The molecule has 5 nitrogen and oxygen atoms in total. The van der Waals surface area contributed by atoms with E-state index in [0.717, 1.165) is 14.9 Å². The van der Waals surface area contributed by atoms with Gasteiger partial charge in [-0.1, -0.05) is 22.0 Å². The molecular weight excluding hydrogens is 378 g/mol. The number of nitrogens with zero attached hydrogens (tertiary/aromatic N) is 1. The molecule has 0 saturated carbocycles. The summed E-state index contributed by atoms with van der Waals surface area (Å²) in [7, 11) is 0. The van der Waals surface area contributed by atoms with Crippen molar-refractivity contribution < 1.29 is 9.53 Å². The van der Waals surface area contributed by atoms with Crippen LogP contribution in [0.2, 0.25) is 0 Å². The maximum absolute atomic E-state index is 12.7. The van der Waals surface area contributed by atoms with E-state index in [1.54, 1.807) is 11.3 Å². The zero-order valence-electron chi connectivity index (χ0n) is 12.3. The smallest absolute Gasteiger partial charge is 0.259 e. The highest BCUT2D eigenvalue weighted by Gasteiger charge is 2.55. The SMILES string of the molecule is C[C@]1(c2cccs2)CC2(N=C(N)NC2=O)c2cc(Br)ccc2O1. The number of hydrogen-bond donors (Lipinski definition) is 2. The van der Waals surface area contributed by atoms with Crippen molar-refractivity contribution in [1.29, 1.82) is 0 Å². The van der Waals surface area contributed by atoms with Crippen LogP contribution in [0, 0.1) is 0 Å². The fourth-order valence-electron chi connectivity index (χ4n) is 3.30. The highest BCUT2D eigenvalue weighted by molar-refractivity contribution is 9.10. The Morgan fingerprint density at radius 2 is 2.26 bits per heavy atom. The summed E-state index contributed by atoms with van der Waals surface area (Å²) in [5, 5.41) is 4.64. The zero-order valence-corrected chi connectivity index (χ0v) is 14.7. The van der Waals surface area contributed by atoms with E-state index in [-0.39, 0.29) is 11.9 Å². The molecule has 0 bridgehead atoms. The van der Waals surface area contributed by atoms with E-state index in [1.165, 1.54) is 0 Å². The third kappa shape index (κ3) is 2.10. The van der Waals surface area contributed by atoms with Gasteiger partial charge in [-0.2, -0.15) is 0 Å². The highest BCUT2D eigenvalue weighted by atomic mass is 79.9. The lowest BCUT2D eigenvalue weighted by Gasteiger charge is -2.42. The number of nitrogens with one attached hydrogen (secondary N) is 1. The van der Waals surface area contributed by atoms with Crippen LogP contribution in [0.15, 0.2) is 45.2 Å². The summed E-state index contributed by atoms with van der Waals surface area (Å²) in [6, 6.07) is 9.63. The number of aliphatic imine (C=N–C) groups is 1. The number of guanidine groups is 1. The Morgan fingerprint density at radius 3 is 2.91 bits per heavy atom. The Kier molecular flexibility index (Phi) is 3.08. The zero-order chi connectivity index (χ0) is 16.2. The second kappa shape index (κ2) is 4.82. The summed E-state index contributed by atoms with van der Waals surface area (Å²) < 4.78 is 7.16. The molecule has 2 aliphatic rings. The van der Waals surface area contributed by atoms with E-state index >= 15 is 0 Å². The predicted molar refractivity (Wildman–Crippen MR) is 92.5 cm³/mol. The molecule has 3 N–H and O–H groups in total. The Balaban J connectivity index is 1.95. The molecule has 0 saturated heterocycles. The Hall–Kier alpha value is -1.86. The fraction of sp³-hybridized carbons (Fsp3) is 0.250. The van der Waals surface area contributed by atoms with Crippen molar-refractivity contribution >= 4 is 39.1 Å². The van der Waals surface area contributed by atoms with Gasteiger partial charge < -0.3 is 10.5 Å². The summed E-state index contributed by atoms with van der Waals surface area (Å²) in [6.07, 6.45) is 0.399. The third-order valence-corrected chi connectivity index (χ3v) is 5.89. The van der Waals surface area contributed by atoms with Crippen LogP contribution >= 0.6 is 27.3 Å². The fourth-order valence-corrected chi connectivity index (χ4v) is 4.48. The van der Waals surface area contributed by atoms with Crippen molar-refractivity contribution in [3.05, 3.63) is 50.6 Å². The van der Waals surface area contributed by atoms with Gasteiger partial charge in [0.25, 0.3) is 5.91 Å². The van der Waals surface area contributed by atoms with Gasteiger partial charge in [0, 0.05) is 21.3 Å².